The number of hydrogen-bond donors (Lipinski definition) is 0. The summed E-state index contributed by atoms with van der Waals surface area (Å²) >= 11 is 6.27. The van der Waals surface area contributed by atoms with Gasteiger partial charge in [-0.25, -0.2) is 8.42 Å². The van der Waals surface area contributed by atoms with Crippen molar-refractivity contribution in [3.8, 4) is 0 Å². The SMILES string of the molecule is O=S1(=O)CC[C@@H](N(Cc2ccccc2Cl)C[C@@H]2CCCO2)C1. The Balaban J connectivity index is 1.75. The Bertz CT molecular complexity index is 614. The highest BCUT2D eigenvalue weighted by Crippen LogP contribution is 2.25. The minimum Gasteiger partial charge on any atom is -0.377 e. The van der Waals surface area contributed by atoms with E-state index >= 15 is 0 Å². The van der Waals surface area contributed by atoms with Crippen molar-refractivity contribution in [2.24, 2.45) is 0 Å². The van der Waals surface area contributed by atoms with Gasteiger partial charge in [0.05, 0.1) is 17.6 Å². The Kier molecular flexibility index (Phi) is 5.07. The lowest BCUT2D eigenvalue weighted by Gasteiger charge is -2.30. The Hall–Kier alpha value is -0.620. The van der Waals surface area contributed by atoms with Crippen LogP contribution in [-0.4, -0.2) is 50.1 Å². The maximum Gasteiger partial charge on any atom is 0.151 e. The first-order valence-electron chi connectivity index (χ1n) is 7.83. The largest absolute Gasteiger partial charge is 0.377 e. The molecule has 0 radical (unpaired) electrons. The van der Waals surface area contributed by atoms with Crippen LogP contribution in [0, 0.1) is 0 Å². The van der Waals surface area contributed by atoms with Gasteiger partial charge in [-0.2, -0.15) is 0 Å². The minimum atomic E-state index is -2.89. The van der Waals surface area contributed by atoms with E-state index in [1.807, 2.05) is 24.3 Å². The second kappa shape index (κ2) is 6.87. The average molecular weight is 344 g/mol. The molecule has 0 aliphatic carbocycles. The van der Waals surface area contributed by atoms with Gasteiger partial charge in [-0.3, -0.25) is 4.90 Å². The van der Waals surface area contributed by atoms with Gasteiger partial charge >= 0.3 is 0 Å². The molecule has 22 heavy (non-hydrogen) atoms. The van der Waals surface area contributed by atoms with Crippen molar-refractivity contribution in [3.63, 3.8) is 0 Å². The number of sulfone groups is 1. The quantitative estimate of drug-likeness (QED) is 0.824. The standard InChI is InChI=1S/C16H22ClNO3S/c17-16-6-2-1-4-13(16)10-18(11-15-5-3-8-21-15)14-7-9-22(19,20)12-14/h1-2,4,6,14-15H,3,5,7-12H2/t14-,15+/m1/s1. The molecule has 2 aliphatic rings. The van der Waals surface area contributed by atoms with Crippen LogP contribution in [0.2, 0.25) is 5.02 Å². The minimum absolute atomic E-state index is 0.0745. The number of benzene rings is 1. The fourth-order valence-corrected chi connectivity index (χ4v) is 5.26. The fourth-order valence-electron chi connectivity index (χ4n) is 3.30. The molecule has 0 aromatic heterocycles. The van der Waals surface area contributed by atoms with Gasteiger partial charge in [-0.05, 0) is 30.9 Å². The third-order valence-corrected chi connectivity index (χ3v) is 6.64. The highest BCUT2D eigenvalue weighted by atomic mass is 35.5. The lowest BCUT2D eigenvalue weighted by molar-refractivity contribution is 0.0575. The highest BCUT2D eigenvalue weighted by Gasteiger charge is 2.34. The lowest BCUT2D eigenvalue weighted by Crippen LogP contribution is -2.40. The molecule has 0 bridgehead atoms. The molecule has 2 aliphatic heterocycles. The lowest BCUT2D eigenvalue weighted by atomic mass is 10.1. The van der Waals surface area contributed by atoms with Crippen LogP contribution >= 0.6 is 11.6 Å². The summed E-state index contributed by atoms with van der Waals surface area (Å²) in [5.74, 6) is 0.548. The number of rotatable bonds is 5. The van der Waals surface area contributed by atoms with Crippen LogP contribution in [0.5, 0.6) is 0 Å². The van der Waals surface area contributed by atoms with Crippen LogP contribution in [-0.2, 0) is 21.1 Å². The first-order chi connectivity index (χ1) is 10.5. The van der Waals surface area contributed by atoms with E-state index in [4.69, 9.17) is 16.3 Å². The van der Waals surface area contributed by atoms with E-state index < -0.39 is 9.84 Å². The monoisotopic (exact) mass is 343 g/mol. The van der Waals surface area contributed by atoms with Gasteiger partial charge in [0.1, 0.15) is 0 Å². The molecule has 3 rings (SSSR count). The van der Waals surface area contributed by atoms with Crippen LogP contribution in [0.25, 0.3) is 0 Å². The predicted octanol–water partition coefficient (Wildman–Crippen LogP) is 2.51. The van der Waals surface area contributed by atoms with Gasteiger partial charge in [0.25, 0.3) is 0 Å². The number of hydrogen-bond acceptors (Lipinski definition) is 4. The summed E-state index contributed by atoms with van der Waals surface area (Å²) in [6.07, 6.45) is 3.07. The Labute approximate surface area is 137 Å². The van der Waals surface area contributed by atoms with E-state index in [0.717, 1.165) is 36.6 Å². The molecule has 2 heterocycles. The van der Waals surface area contributed by atoms with Crippen LogP contribution in [0.3, 0.4) is 0 Å². The number of ether oxygens (including phenoxy) is 1. The Morgan fingerprint density at radius 3 is 2.73 bits per heavy atom. The van der Waals surface area contributed by atoms with E-state index in [1.165, 1.54) is 0 Å². The van der Waals surface area contributed by atoms with Gasteiger partial charge in [-0.15, -0.1) is 0 Å². The summed E-state index contributed by atoms with van der Waals surface area (Å²) in [4.78, 5) is 2.25. The molecule has 122 valence electrons. The summed E-state index contributed by atoms with van der Waals surface area (Å²) in [5.41, 5.74) is 1.05. The fraction of sp³-hybridized carbons (Fsp3) is 0.625. The zero-order valence-corrected chi connectivity index (χ0v) is 14.2. The van der Waals surface area contributed by atoms with Gasteiger partial charge in [-0.1, -0.05) is 29.8 Å². The molecule has 0 amide bonds. The van der Waals surface area contributed by atoms with Crippen molar-refractivity contribution < 1.29 is 13.2 Å². The molecule has 2 atom stereocenters. The van der Waals surface area contributed by atoms with E-state index in [0.29, 0.717) is 18.7 Å². The summed E-state index contributed by atoms with van der Waals surface area (Å²) in [7, 11) is -2.89. The predicted molar refractivity (Wildman–Crippen MR) is 87.9 cm³/mol. The van der Waals surface area contributed by atoms with E-state index in [9.17, 15) is 8.42 Å². The third-order valence-electron chi connectivity index (χ3n) is 4.52. The molecule has 0 N–H and O–H groups in total. The maximum absolute atomic E-state index is 11.8. The summed E-state index contributed by atoms with van der Waals surface area (Å²) < 4.78 is 29.4. The molecule has 1 aromatic rings. The first kappa shape index (κ1) is 16.2. The molecule has 0 spiro atoms. The van der Waals surface area contributed by atoms with E-state index in [2.05, 4.69) is 4.90 Å². The molecule has 2 fully saturated rings. The normalized spacial score (nSPS) is 27.5. The van der Waals surface area contributed by atoms with Gasteiger partial charge in [0.2, 0.25) is 0 Å². The summed E-state index contributed by atoms with van der Waals surface area (Å²) in [5, 5.41) is 0.737. The molecular formula is C16H22ClNO3S. The maximum atomic E-state index is 11.8. The van der Waals surface area contributed by atoms with Gasteiger partial charge in [0, 0.05) is 30.8 Å². The third kappa shape index (κ3) is 4.02. The topological polar surface area (TPSA) is 46.6 Å². The van der Waals surface area contributed by atoms with Crippen molar-refractivity contribution >= 4 is 21.4 Å². The molecule has 1 aromatic carbocycles. The molecule has 4 nitrogen and oxygen atoms in total. The zero-order chi connectivity index (χ0) is 15.6. The Morgan fingerprint density at radius 2 is 2.09 bits per heavy atom. The van der Waals surface area contributed by atoms with Crippen LogP contribution in [0.4, 0.5) is 0 Å². The van der Waals surface area contributed by atoms with Gasteiger partial charge < -0.3 is 4.74 Å². The van der Waals surface area contributed by atoms with Crippen molar-refractivity contribution in [1.82, 2.24) is 4.90 Å². The van der Waals surface area contributed by atoms with Crippen molar-refractivity contribution in [3.05, 3.63) is 34.9 Å². The van der Waals surface area contributed by atoms with Crippen molar-refractivity contribution in [1.29, 1.82) is 0 Å². The zero-order valence-electron chi connectivity index (χ0n) is 12.6. The van der Waals surface area contributed by atoms with E-state index in [1.54, 1.807) is 0 Å². The van der Waals surface area contributed by atoms with Crippen LogP contribution in [0.15, 0.2) is 24.3 Å². The van der Waals surface area contributed by atoms with E-state index in [-0.39, 0.29) is 17.9 Å². The smallest absolute Gasteiger partial charge is 0.151 e. The molecule has 0 saturated carbocycles. The molecule has 6 heteroatoms. The Morgan fingerprint density at radius 1 is 1.27 bits per heavy atom. The van der Waals surface area contributed by atoms with Crippen LogP contribution in [0.1, 0.15) is 24.8 Å². The average Bonchev–Trinajstić information content (AvgIpc) is 3.10. The molecular weight excluding hydrogens is 322 g/mol. The number of halogens is 1. The first-order valence-corrected chi connectivity index (χ1v) is 10.0. The summed E-state index contributed by atoms with van der Waals surface area (Å²) in [6, 6.07) is 7.85. The van der Waals surface area contributed by atoms with Crippen LogP contribution < -0.4 is 0 Å². The molecule has 0 unspecified atom stereocenters. The molecule has 2 saturated heterocycles. The van der Waals surface area contributed by atoms with Crippen molar-refractivity contribution in [2.75, 3.05) is 24.7 Å². The number of nitrogens with zero attached hydrogens (tertiary/aromatic N) is 1. The van der Waals surface area contributed by atoms with Gasteiger partial charge in [0.15, 0.2) is 9.84 Å². The second-order valence-electron chi connectivity index (χ2n) is 6.21. The van der Waals surface area contributed by atoms with Crippen molar-refractivity contribution in [2.45, 2.75) is 38.0 Å². The second-order valence-corrected chi connectivity index (χ2v) is 8.85. The summed E-state index contributed by atoms with van der Waals surface area (Å²) in [6.45, 7) is 2.28. The highest BCUT2D eigenvalue weighted by molar-refractivity contribution is 7.91.